The average Bonchev–Trinajstić information content (AvgIpc) is 2.13. The van der Waals surface area contributed by atoms with E-state index in [4.69, 9.17) is 0 Å². The maximum Gasteiger partial charge on any atom is 0.114 e. The van der Waals surface area contributed by atoms with E-state index in [1.807, 2.05) is 7.05 Å². The monoisotopic (exact) mass is 145 g/mol. The topological polar surface area (TPSA) is 3.24 Å². The van der Waals surface area contributed by atoms with Crippen LogP contribution in [0.15, 0.2) is 0 Å². The first kappa shape index (κ1) is 7.99. The zero-order chi connectivity index (χ0) is 7.56. The number of halogens is 1. The van der Waals surface area contributed by atoms with Crippen LogP contribution in [0.2, 0.25) is 0 Å². The van der Waals surface area contributed by atoms with Crippen LogP contribution < -0.4 is 0 Å². The number of hydrogen-bond donors (Lipinski definition) is 0. The van der Waals surface area contributed by atoms with Gasteiger partial charge in [-0.05, 0) is 19.9 Å². The highest BCUT2D eigenvalue weighted by Gasteiger charge is 2.27. The quantitative estimate of drug-likeness (QED) is 0.573. The molecule has 60 valence electrons. The smallest absolute Gasteiger partial charge is 0.114 e. The number of nitrogens with zero attached hydrogens (tertiary/aromatic N) is 1. The minimum Gasteiger partial charge on any atom is -0.300 e. The predicted molar refractivity (Wildman–Crippen MR) is 40.8 cm³/mol. The molecule has 2 heteroatoms. The van der Waals surface area contributed by atoms with E-state index in [1.54, 1.807) is 0 Å². The summed E-state index contributed by atoms with van der Waals surface area (Å²) in [6, 6.07) is 0.514. The van der Waals surface area contributed by atoms with Crippen molar-refractivity contribution in [2.24, 2.45) is 0 Å². The molecule has 0 unspecified atom stereocenters. The average molecular weight is 145 g/mol. The van der Waals surface area contributed by atoms with Gasteiger partial charge in [0.15, 0.2) is 0 Å². The van der Waals surface area contributed by atoms with Crippen molar-refractivity contribution in [3.8, 4) is 0 Å². The van der Waals surface area contributed by atoms with Gasteiger partial charge in [-0.2, -0.15) is 0 Å². The lowest BCUT2D eigenvalue weighted by Crippen LogP contribution is -2.24. The van der Waals surface area contributed by atoms with Crippen molar-refractivity contribution < 1.29 is 4.39 Å². The highest BCUT2D eigenvalue weighted by molar-refractivity contribution is 4.82. The zero-order valence-corrected chi connectivity index (χ0v) is 6.81. The molecule has 1 heterocycles. The Hall–Kier alpha value is -0.110. The largest absolute Gasteiger partial charge is 0.300 e. The Morgan fingerprint density at radius 1 is 1.60 bits per heavy atom. The molecule has 0 saturated carbocycles. The van der Waals surface area contributed by atoms with E-state index in [-0.39, 0.29) is 0 Å². The molecule has 10 heavy (non-hydrogen) atoms. The first-order chi connectivity index (χ1) is 4.74. The summed E-state index contributed by atoms with van der Waals surface area (Å²) in [5.74, 6) is 0. The predicted octanol–water partition coefficient (Wildman–Crippen LogP) is 1.83. The molecule has 0 radical (unpaired) electrons. The van der Waals surface area contributed by atoms with Crippen LogP contribution in [-0.4, -0.2) is 30.7 Å². The summed E-state index contributed by atoms with van der Waals surface area (Å²) in [5, 5.41) is 0. The molecule has 1 nitrogen and oxygen atoms in total. The summed E-state index contributed by atoms with van der Waals surface area (Å²) in [4.78, 5) is 2.13. The Labute approximate surface area is 62.2 Å². The van der Waals surface area contributed by atoms with Gasteiger partial charge in [-0.15, -0.1) is 0 Å². The number of likely N-dealkylation sites (tertiary alicyclic amines) is 1. The fourth-order valence-corrected chi connectivity index (χ4v) is 1.68. The third-order valence-electron chi connectivity index (χ3n) is 2.26. The maximum absolute atomic E-state index is 12.7. The van der Waals surface area contributed by atoms with Crippen molar-refractivity contribution in [2.45, 2.75) is 38.4 Å². The van der Waals surface area contributed by atoms with Crippen molar-refractivity contribution in [1.29, 1.82) is 0 Å². The van der Waals surface area contributed by atoms with Crippen LogP contribution in [0.4, 0.5) is 4.39 Å². The molecule has 1 saturated heterocycles. The molecular weight excluding hydrogens is 129 g/mol. The number of hydrogen-bond acceptors (Lipinski definition) is 1. The molecular formula is C8H16FN. The molecule has 0 aromatic carbocycles. The Bertz CT molecular complexity index is 105. The van der Waals surface area contributed by atoms with Crippen molar-refractivity contribution in [3.63, 3.8) is 0 Å². The SMILES string of the molecule is CCC[C@@H]1C[C@H](F)CN1C. The molecule has 0 aromatic heterocycles. The van der Waals surface area contributed by atoms with E-state index in [2.05, 4.69) is 11.8 Å². The summed E-state index contributed by atoms with van der Waals surface area (Å²) < 4.78 is 12.7. The Balaban J connectivity index is 2.31. The van der Waals surface area contributed by atoms with Gasteiger partial charge in [0, 0.05) is 12.6 Å². The summed E-state index contributed by atoms with van der Waals surface area (Å²) in [7, 11) is 2.01. The van der Waals surface area contributed by atoms with Crippen LogP contribution in [-0.2, 0) is 0 Å². The van der Waals surface area contributed by atoms with Crippen molar-refractivity contribution in [1.82, 2.24) is 4.90 Å². The van der Waals surface area contributed by atoms with Gasteiger partial charge < -0.3 is 4.90 Å². The van der Waals surface area contributed by atoms with E-state index in [0.717, 1.165) is 12.8 Å². The highest BCUT2D eigenvalue weighted by Crippen LogP contribution is 2.21. The first-order valence-electron chi connectivity index (χ1n) is 4.08. The fourth-order valence-electron chi connectivity index (χ4n) is 1.68. The molecule has 0 aromatic rings. The Kier molecular flexibility index (Phi) is 2.66. The Morgan fingerprint density at radius 3 is 2.70 bits per heavy atom. The highest BCUT2D eigenvalue weighted by atomic mass is 19.1. The zero-order valence-electron chi connectivity index (χ0n) is 6.81. The van der Waals surface area contributed by atoms with Gasteiger partial charge in [0.05, 0.1) is 0 Å². The summed E-state index contributed by atoms with van der Waals surface area (Å²) in [5.41, 5.74) is 0. The van der Waals surface area contributed by atoms with Crippen LogP contribution in [0, 0.1) is 0 Å². The number of rotatable bonds is 2. The van der Waals surface area contributed by atoms with Crippen LogP contribution >= 0.6 is 0 Å². The normalized spacial score (nSPS) is 35.1. The summed E-state index contributed by atoms with van der Waals surface area (Å²) >= 11 is 0. The summed E-state index contributed by atoms with van der Waals surface area (Å²) in [6.07, 6.45) is 2.50. The molecule has 0 spiro atoms. The van der Waals surface area contributed by atoms with Gasteiger partial charge in [-0.3, -0.25) is 0 Å². The van der Waals surface area contributed by atoms with E-state index >= 15 is 0 Å². The molecule has 0 N–H and O–H groups in total. The number of alkyl halides is 1. The van der Waals surface area contributed by atoms with Crippen LogP contribution in [0.5, 0.6) is 0 Å². The summed E-state index contributed by atoms with van der Waals surface area (Å²) in [6.45, 7) is 2.80. The van der Waals surface area contributed by atoms with E-state index in [1.165, 1.54) is 6.42 Å². The van der Waals surface area contributed by atoms with Crippen molar-refractivity contribution >= 4 is 0 Å². The molecule has 0 aliphatic carbocycles. The lowest BCUT2D eigenvalue weighted by atomic mass is 10.1. The van der Waals surface area contributed by atoms with Gasteiger partial charge in [0.1, 0.15) is 6.17 Å². The van der Waals surface area contributed by atoms with Gasteiger partial charge in [0.2, 0.25) is 0 Å². The second kappa shape index (κ2) is 3.33. The molecule has 1 aliphatic heterocycles. The van der Waals surface area contributed by atoms with E-state index in [9.17, 15) is 4.39 Å². The van der Waals surface area contributed by atoms with E-state index in [0.29, 0.717) is 12.6 Å². The standard InChI is InChI=1S/C8H16FN/c1-3-4-8-5-7(9)6-10(8)2/h7-8H,3-6H2,1-2H3/t7-,8+/m0/s1. The third-order valence-corrected chi connectivity index (χ3v) is 2.26. The van der Waals surface area contributed by atoms with E-state index < -0.39 is 6.17 Å². The third kappa shape index (κ3) is 1.69. The molecule has 0 bridgehead atoms. The Morgan fingerprint density at radius 2 is 2.30 bits per heavy atom. The molecule has 2 atom stereocenters. The van der Waals surface area contributed by atoms with Gasteiger partial charge in [0.25, 0.3) is 0 Å². The van der Waals surface area contributed by atoms with Crippen LogP contribution in [0.1, 0.15) is 26.2 Å². The van der Waals surface area contributed by atoms with Gasteiger partial charge in [-0.25, -0.2) is 4.39 Å². The molecule has 1 fully saturated rings. The lowest BCUT2D eigenvalue weighted by molar-refractivity contribution is 0.284. The molecule has 1 aliphatic rings. The van der Waals surface area contributed by atoms with Gasteiger partial charge >= 0.3 is 0 Å². The first-order valence-corrected chi connectivity index (χ1v) is 4.08. The van der Waals surface area contributed by atoms with Crippen molar-refractivity contribution in [2.75, 3.05) is 13.6 Å². The van der Waals surface area contributed by atoms with Crippen LogP contribution in [0.3, 0.4) is 0 Å². The second-order valence-corrected chi connectivity index (χ2v) is 3.22. The second-order valence-electron chi connectivity index (χ2n) is 3.22. The molecule has 1 rings (SSSR count). The fraction of sp³-hybridized carbons (Fsp3) is 1.00. The van der Waals surface area contributed by atoms with Crippen molar-refractivity contribution in [3.05, 3.63) is 0 Å². The van der Waals surface area contributed by atoms with Gasteiger partial charge in [-0.1, -0.05) is 13.3 Å². The van der Waals surface area contributed by atoms with Crippen LogP contribution in [0.25, 0.3) is 0 Å². The molecule has 0 amide bonds. The minimum absolute atomic E-state index is 0.514. The minimum atomic E-state index is -0.568. The lowest BCUT2D eigenvalue weighted by Gasteiger charge is -2.17. The maximum atomic E-state index is 12.7.